The van der Waals surface area contributed by atoms with Gasteiger partial charge in [0, 0.05) is 11.1 Å². The molecule has 1 heterocycles. The average molecular weight is 392 g/mol. The Hall–Kier alpha value is -4.14. The Morgan fingerprint density at radius 3 is 2.72 bits per heavy atom. The molecule has 0 atom stereocenters. The summed E-state index contributed by atoms with van der Waals surface area (Å²) < 4.78 is 10.4. The highest BCUT2D eigenvalue weighted by atomic mass is 16.7. The van der Waals surface area contributed by atoms with Crippen LogP contribution in [0.5, 0.6) is 11.5 Å². The number of nitrogens with one attached hydrogen (secondary N) is 2. The Morgan fingerprint density at radius 1 is 1.14 bits per heavy atom. The third kappa shape index (κ3) is 3.93. The molecule has 0 fully saturated rings. The molecule has 0 aromatic heterocycles. The van der Waals surface area contributed by atoms with Crippen LogP contribution < -0.4 is 20.2 Å². The normalized spacial score (nSPS) is 12.3. The van der Waals surface area contributed by atoms with Gasteiger partial charge in [-0.1, -0.05) is 36.4 Å². The molecular weight excluding hydrogens is 376 g/mol. The van der Waals surface area contributed by atoms with Crippen LogP contribution in [0.1, 0.15) is 5.56 Å². The lowest BCUT2D eigenvalue weighted by Gasteiger charge is -2.08. The minimum Gasteiger partial charge on any atom is -0.454 e. The van der Waals surface area contributed by atoms with E-state index in [1.165, 1.54) is 18.3 Å². The van der Waals surface area contributed by atoms with Crippen LogP contribution in [-0.2, 0) is 4.79 Å². The summed E-state index contributed by atoms with van der Waals surface area (Å²) in [5.41, 5.74) is 3.19. The molecule has 1 amide bonds. The number of fused-ring (bicyclic) bond motifs is 2. The summed E-state index contributed by atoms with van der Waals surface area (Å²) in [5, 5.41) is 20.2. The van der Waals surface area contributed by atoms with E-state index in [0.717, 1.165) is 16.5 Å². The van der Waals surface area contributed by atoms with Crippen molar-refractivity contribution in [2.24, 2.45) is 5.10 Å². The van der Waals surface area contributed by atoms with Crippen LogP contribution in [0.3, 0.4) is 0 Å². The van der Waals surface area contributed by atoms with Crippen molar-refractivity contribution in [2.75, 3.05) is 18.7 Å². The van der Waals surface area contributed by atoms with Gasteiger partial charge in [-0.3, -0.25) is 14.9 Å². The van der Waals surface area contributed by atoms with E-state index in [1.54, 1.807) is 0 Å². The number of nitro groups is 1. The van der Waals surface area contributed by atoms with E-state index in [9.17, 15) is 14.9 Å². The van der Waals surface area contributed by atoms with Crippen LogP contribution >= 0.6 is 0 Å². The first-order valence-corrected chi connectivity index (χ1v) is 8.73. The van der Waals surface area contributed by atoms with Crippen molar-refractivity contribution in [3.8, 4) is 11.5 Å². The molecule has 0 spiro atoms. The summed E-state index contributed by atoms with van der Waals surface area (Å²) in [7, 11) is 0. The molecule has 3 aromatic carbocycles. The van der Waals surface area contributed by atoms with E-state index in [0.29, 0.717) is 11.5 Å². The fraction of sp³-hybridized carbons (Fsp3) is 0.100. The molecule has 1 aliphatic heterocycles. The maximum absolute atomic E-state index is 12.1. The SMILES string of the molecule is O=C(CNc1cccc2ccccc12)N/N=C/c1cc2c(cc1[N+](=O)[O-])OCO2. The smallest absolute Gasteiger partial charge is 0.282 e. The van der Waals surface area contributed by atoms with Gasteiger partial charge in [0.25, 0.3) is 11.6 Å². The van der Waals surface area contributed by atoms with Gasteiger partial charge in [0.2, 0.25) is 6.79 Å². The number of carbonyl (C=O) groups excluding carboxylic acids is 1. The molecule has 0 unspecified atom stereocenters. The van der Waals surface area contributed by atoms with E-state index >= 15 is 0 Å². The summed E-state index contributed by atoms with van der Waals surface area (Å²) in [5.74, 6) is 0.302. The zero-order chi connectivity index (χ0) is 20.2. The van der Waals surface area contributed by atoms with Crippen molar-refractivity contribution in [1.82, 2.24) is 5.43 Å². The summed E-state index contributed by atoms with van der Waals surface area (Å²) in [6.45, 7) is -0.00175. The molecule has 0 saturated heterocycles. The largest absolute Gasteiger partial charge is 0.454 e. The first-order chi connectivity index (χ1) is 14.1. The Labute approximate surface area is 165 Å². The quantitative estimate of drug-likeness (QED) is 0.378. The van der Waals surface area contributed by atoms with Crippen molar-refractivity contribution in [3.05, 3.63) is 70.3 Å². The van der Waals surface area contributed by atoms with Crippen LogP contribution in [-0.4, -0.2) is 30.4 Å². The van der Waals surface area contributed by atoms with Gasteiger partial charge < -0.3 is 14.8 Å². The molecule has 9 nitrogen and oxygen atoms in total. The third-order valence-electron chi connectivity index (χ3n) is 4.34. The molecule has 3 aromatic rings. The standard InChI is InChI=1S/C20H16N4O5/c25-20(11-21-16-7-3-5-13-4-1-2-6-15(13)16)23-22-10-14-8-18-19(29-12-28-18)9-17(14)24(26)27/h1-10,21H,11-12H2,(H,23,25)/b22-10+. The molecule has 2 N–H and O–H groups in total. The second-order valence-electron chi connectivity index (χ2n) is 6.19. The van der Waals surface area contributed by atoms with Crippen LogP contribution in [0.15, 0.2) is 59.7 Å². The Balaban J connectivity index is 1.41. The van der Waals surface area contributed by atoms with Crippen molar-refractivity contribution in [3.63, 3.8) is 0 Å². The number of hydrogen-bond donors (Lipinski definition) is 2. The molecule has 0 saturated carbocycles. The minimum absolute atomic E-state index is 0.00363. The number of carbonyl (C=O) groups is 1. The Morgan fingerprint density at radius 2 is 1.90 bits per heavy atom. The van der Waals surface area contributed by atoms with Gasteiger partial charge in [0.15, 0.2) is 11.5 Å². The molecule has 0 radical (unpaired) electrons. The predicted molar refractivity (Wildman–Crippen MR) is 107 cm³/mol. The van der Waals surface area contributed by atoms with Gasteiger partial charge >= 0.3 is 0 Å². The number of hydrogen-bond acceptors (Lipinski definition) is 7. The lowest BCUT2D eigenvalue weighted by atomic mass is 10.1. The predicted octanol–water partition coefficient (Wildman–Crippen LogP) is 3.04. The highest BCUT2D eigenvalue weighted by Gasteiger charge is 2.22. The summed E-state index contributed by atoms with van der Waals surface area (Å²) in [4.78, 5) is 22.8. The zero-order valence-electron chi connectivity index (χ0n) is 15.1. The van der Waals surface area contributed by atoms with E-state index < -0.39 is 10.8 Å². The summed E-state index contributed by atoms with van der Waals surface area (Å²) in [6.07, 6.45) is 1.20. The fourth-order valence-electron chi connectivity index (χ4n) is 2.98. The number of amides is 1. The summed E-state index contributed by atoms with van der Waals surface area (Å²) in [6, 6.07) is 16.3. The number of anilines is 1. The number of nitro benzene ring substituents is 1. The maximum Gasteiger partial charge on any atom is 0.282 e. The second-order valence-corrected chi connectivity index (χ2v) is 6.19. The van der Waals surface area contributed by atoms with Crippen LogP contribution in [0.2, 0.25) is 0 Å². The average Bonchev–Trinajstić information content (AvgIpc) is 3.19. The first kappa shape index (κ1) is 18.2. The maximum atomic E-state index is 12.1. The number of rotatable bonds is 6. The van der Waals surface area contributed by atoms with Crippen molar-refractivity contribution in [2.45, 2.75) is 0 Å². The fourth-order valence-corrected chi connectivity index (χ4v) is 2.98. The third-order valence-corrected chi connectivity index (χ3v) is 4.34. The Kier molecular flexibility index (Phi) is 4.93. The first-order valence-electron chi connectivity index (χ1n) is 8.73. The molecule has 9 heteroatoms. The van der Waals surface area contributed by atoms with E-state index in [4.69, 9.17) is 9.47 Å². The van der Waals surface area contributed by atoms with Gasteiger partial charge in [0.05, 0.1) is 29.3 Å². The molecule has 29 heavy (non-hydrogen) atoms. The molecule has 146 valence electrons. The number of ether oxygens (including phenoxy) is 2. The zero-order valence-corrected chi connectivity index (χ0v) is 15.1. The van der Waals surface area contributed by atoms with Gasteiger partial charge in [-0.2, -0.15) is 5.10 Å². The van der Waals surface area contributed by atoms with Gasteiger partial charge in [-0.25, -0.2) is 5.43 Å². The lowest BCUT2D eigenvalue weighted by molar-refractivity contribution is -0.385. The Bertz CT molecular complexity index is 1120. The number of nitrogens with zero attached hydrogens (tertiary/aromatic N) is 2. The van der Waals surface area contributed by atoms with Crippen LogP contribution in [0, 0.1) is 10.1 Å². The van der Waals surface area contributed by atoms with E-state index in [2.05, 4.69) is 15.8 Å². The molecule has 4 rings (SSSR count). The highest BCUT2D eigenvalue weighted by Crippen LogP contribution is 2.37. The minimum atomic E-state index is -0.548. The molecule has 0 aliphatic carbocycles. The molecular formula is C20H16N4O5. The topological polar surface area (TPSA) is 115 Å². The van der Waals surface area contributed by atoms with Crippen molar-refractivity contribution < 1.29 is 19.2 Å². The van der Waals surface area contributed by atoms with Crippen LogP contribution in [0.25, 0.3) is 10.8 Å². The van der Waals surface area contributed by atoms with Crippen LogP contribution in [0.4, 0.5) is 11.4 Å². The van der Waals surface area contributed by atoms with E-state index in [-0.39, 0.29) is 24.6 Å². The second kappa shape index (κ2) is 7.85. The number of hydrazone groups is 1. The lowest BCUT2D eigenvalue weighted by Crippen LogP contribution is -2.26. The monoisotopic (exact) mass is 392 g/mol. The van der Waals surface area contributed by atoms with Gasteiger partial charge in [0.1, 0.15) is 0 Å². The van der Waals surface area contributed by atoms with Gasteiger partial charge in [-0.05, 0) is 17.5 Å². The van der Waals surface area contributed by atoms with Gasteiger partial charge in [-0.15, -0.1) is 0 Å². The van der Waals surface area contributed by atoms with Crippen molar-refractivity contribution in [1.29, 1.82) is 0 Å². The number of benzene rings is 3. The highest BCUT2D eigenvalue weighted by molar-refractivity contribution is 5.95. The summed E-state index contributed by atoms with van der Waals surface area (Å²) >= 11 is 0. The molecule has 0 bridgehead atoms. The van der Waals surface area contributed by atoms with E-state index in [1.807, 2.05) is 42.5 Å². The van der Waals surface area contributed by atoms with Crippen molar-refractivity contribution >= 4 is 34.3 Å². The molecule has 1 aliphatic rings.